The van der Waals surface area contributed by atoms with Crippen LogP contribution in [0.3, 0.4) is 0 Å². The summed E-state index contributed by atoms with van der Waals surface area (Å²) < 4.78 is 12.1. The standard InChI is InChI=1S/C11H11ClN2OS2/c1-7-5-16-11(14-7)6-17(15)10-4-8(12)2-3-9(10)13/h2-5H,6,13H2,1H3. The number of benzene rings is 1. The van der Waals surface area contributed by atoms with Crippen molar-refractivity contribution in [1.82, 2.24) is 4.98 Å². The van der Waals surface area contributed by atoms with E-state index in [0.29, 0.717) is 21.4 Å². The van der Waals surface area contributed by atoms with Gasteiger partial charge in [-0.15, -0.1) is 11.3 Å². The zero-order valence-corrected chi connectivity index (χ0v) is 11.5. The molecule has 1 atom stereocenters. The van der Waals surface area contributed by atoms with E-state index in [2.05, 4.69) is 4.98 Å². The van der Waals surface area contributed by atoms with Crippen LogP contribution in [0.25, 0.3) is 0 Å². The van der Waals surface area contributed by atoms with Crippen molar-refractivity contribution in [3.05, 3.63) is 39.3 Å². The Balaban J connectivity index is 2.22. The molecule has 17 heavy (non-hydrogen) atoms. The molecule has 1 aromatic carbocycles. The minimum Gasteiger partial charge on any atom is -0.398 e. The second kappa shape index (κ2) is 5.16. The van der Waals surface area contributed by atoms with Crippen LogP contribution in [0.4, 0.5) is 5.69 Å². The number of nitrogens with two attached hydrogens (primary N) is 1. The summed E-state index contributed by atoms with van der Waals surface area (Å²) in [5, 5.41) is 3.33. The SMILES string of the molecule is Cc1csc(CS(=O)c2cc(Cl)ccc2N)n1. The molecule has 0 spiro atoms. The van der Waals surface area contributed by atoms with Crippen LogP contribution in [0.2, 0.25) is 5.02 Å². The highest BCUT2D eigenvalue weighted by Crippen LogP contribution is 2.24. The molecular formula is C11H11ClN2OS2. The maximum absolute atomic E-state index is 12.1. The number of halogens is 1. The molecule has 2 rings (SSSR count). The van der Waals surface area contributed by atoms with E-state index in [1.54, 1.807) is 18.2 Å². The van der Waals surface area contributed by atoms with Crippen molar-refractivity contribution in [2.45, 2.75) is 17.6 Å². The van der Waals surface area contributed by atoms with Gasteiger partial charge in [0.05, 0.1) is 21.4 Å². The molecule has 1 unspecified atom stereocenters. The van der Waals surface area contributed by atoms with Gasteiger partial charge < -0.3 is 5.73 Å². The highest BCUT2D eigenvalue weighted by atomic mass is 35.5. The predicted octanol–water partition coefficient (Wildman–Crippen LogP) is 2.99. The van der Waals surface area contributed by atoms with Gasteiger partial charge in [0.25, 0.3) is 0 Å². The van der Waals surface area contributed by atoms with Crippen molar-refractivity contribution in [2.24, 2.45) is 0 Å². The van der Waals surface area contributed by atoms with Crippen molar-refractivity contribution < 1.29 is 4.21 Å². The van der Waals surface area contributed by atoms with Crippen molar-refractivity contribution >= 4 is 39.4 Å². The fourth-order valence-electron chi connectivity index (χ4n) is 1.36. The molecule has 0 amide bonds. The van der Waals surface area contributed by atoms with Crippen LogP contribution in [-0.4, -0.2) is 9.19 Å². The number of anilines is 1. The molecule has 0 saturated heterocycles. The number of nitrogens with zero attached hydrogens (tertiary/aromatic N) is 1. The third kappa shape index (κ3) is 3.06. The second-order valence-electron chi connectivity index (χ2n) is 3.55. The number of hydrogen-bond donors (Lipinski definition) is 1. The normalized spacial score (nSPS) is 12.6. The van der Waals surface area contributed by atoms with Gasteiger partial charge >= 0.3 is 0 Å². The minimum atomic E-state index is -1.20. The summed E-state index contributed by atoms with van der Waals surface area (Å²) in [4.78, 5) is 4.85. The molecule has 0 aliphatic carbocycles. The van der Waals surface area contributed by atoms with E-state index in [1.165, 1.54) is 11.3 Å². The number of rotatable bonds is 3. The third-order valence-electron chi connectivity index (χ3n) is 2.14. The lowest BCUT2D eigenvalue weighted by Gasteiger charge is -2.04. The lowest BCUT2D eigenvalue weighted by atomic mass is 10.3. The molecular weight excluding hydrogens is 276 g/mol. The fourth-order valence-corrected chi connectivity index (χ4v) is 3.78. The topological polar surface area (TPSA) is 56.0 Å². The van der Waals surface area contributed by atoms with Crippen LogP contribution in [0.1, 0.15) is 10.7 Å². The first-order valence-corrected chi connectivity index (χ1v) is 7.48. The molecule has 0 radical (unpaired) electrons. The van der Waals surface area contributed by atoms with Gasteiger partial charge in [0.15, 0.2) is 0 Å². The maximum atomic E-state index is 12.1. The van der Waals surface area contributed by atoms with Gasteiger partial charge in [-0.05, 0) is 25.1 Å². The largest absolute Gasteiger partial charge is 0.398 e. The Hall–Kier alpha value is -0.910. The van der Waals surface area contributed by atoms with E-state index in [4.69, 9.17) is 17.3 Å². The van der Waals surface area contributed by atoms with E-state index >= 15 is 0 Å². The quantitative estimate of drug-likeness (QED) is 0.883. The summed E-state index contributed by atoms with van der Waals surface area (Å²) in [6.07, 6.45) is 0. The van der Waals surface area contributed by atoms with Gasteiger partial charge in [0, 0.05) is 21.8 Å². The van der Waals surface area contributed by atoms with Gasteiger partial charge in [0.2, 0.25) is 0 Å². The highest BCUT2D eigenvalue weighted by Gasteiger charge is 2.11. The lowest BCUT2D eigenvalue weighted by Crippen LogP contribution is -2.00. The summed E-state index contributed by atoms with van der Waals surface area (Å²) in [5.74, 6) is 0.378. The summed E-state index contributed by atoms with van der Waals surface area (Å²) in [5.41, 5.74) is 7.23. The summed E-state index contributed by atoms with van der Waals surface area (Å²) in [6, 6.07) is 5.00. The molecule has 0 aliphatic rings. The number of thiazole rings is 1. The molecule has 6 heteroatoms. The Morgan fingerprint density at radius 2 is 2.29 bits per heavy atom. The Bertz CT molecular complexity index is 568. The molecule has 0 bridgehead atoms. The van der Waals surface area contributed by atoms with Gasteiger partial charge in [-0.2, -0.15) is 0 Å². The first-order valence-electron chi connectivity index (χ1n) is 4.90. The molecule has 0 saturated carbocycles. The van der Waals surface area contributed by atoms with Crippen molar-refractivity contribution in [3.8, 4) is 0 Å². The van der Waals surface area contributed by atoms with Crippen LogP contribution in [0.15, 0.2) is 28.5 Å². The predicted molar refractivity (Wildman–Crippen MR) is 72.8 cm³/mol. The number of nitrogen functional groups attached to an aromatic ring is 1. The van der Waals surface area contributed by atoms with Crippen LogP contribution in [0, 0.1) is 6.92 Å². The molecule has 1 aromatic heterocycles. The molecule has 90 valence electrons. The average molecular weight is 287 g/mol. The first-order chi connectivity index (χ1) is 8.06. The highest BCUT2D eigenvalue weighted by molar-refractivity contribution is 7.84. The number of aromatic nitrogens is 1. The van der Waals surface area contributed by atoms with Crippen molar-refractivity contribution in [2.75, 3.05) is 5.73 Å². The molecule has 2 N–H and O–H groups in total. The van der Waals surface area contributed by atoms with E-state index in [0.717, 1.165) is 10.7 Å². The molecule has 0 fully saturated rings. The van der Waals surface area contributed by atoms with E-state index in [1.807, 2.05) is 12.3 Å². The Labute approximate surface area is 111 Å². The first kappa shape index (κ1) is 12.5. The fraction of sp³-hybridized carbons (Fsp3) is 0.182. The zero-order chi connectivity index (χ0) is 12.4. The van der Waals surface area contributed by atoms with Gasteiger partial charge in [-0.1, -0.05) is 11.6 Å². The molecule has 0 aliphatic heterocycles. The Kier molecular flexibility index (Phi) is 3.81. The van der Waals surface area contributed by atoms with Gasteiger partial charge in [-0.25, -0.2) is 4.98 Å². The van der Waals surface area contributed by atoms with Crippen LogP contribution in [0.5, 0.6) is 0 Å². The lowest BCUT2D eigenvalue weighted by molar-refractivity contribution is 0.682. The van der Waals surface area contributed by atoms with Gasteiger partial charge in [0.1, 0.15) is 5.01 Å². The number of hydrogen-bond acceptors (Lipinski definition) is 4. The molecule has 2 aromatic rings. The monoisotopic (exact) mass is 286 g/mol. The minimum absolute atomic E-state index is 0.378. The smallest absolute Gasteiger partial charge is 0.106 e. The zero-order valence-electron chi connectivity index (χ0n) is 9.14. The van der Waals surface area contributed by atoms with E-state index in [9.17, 15) is 4.21 Å². The van der Waals surface area contributed by atoms with Crippen LogP contribution < -0.4 is 5.73 Å². The average Bonchev–Trinajstić information content (AvgIpc) is 2.67. The van der Waals surface area contributed by atoms with E-state index < -0.39 is 10.8 Å². The van der Waals surface area contributed by atoms with Crippen molar-refractivity contribution in [1.29, 1.82) is 0 Å². The summed E-state index contributed by atoms with van der Waals surface area (Å²) in [6.45, 7) is 1.91. The number of aryl methyl sites for hydroxylation is 1. The third-order valence-corrected chi connectivity index (χ3v) is 4.91. The Morgan fingerprint density at radius 3 is 2.94 bits per heavy atom. The molecule has 1 heterocycles. The second-order valence-corrected chi connectivity index (χ2v) is 6.35. The van der Waals surface area contributed by atoms with Gasteiger partial charge in [-0.3, -0.25) is 4.21 Å². The van der Waals surface area contributed by atoms with Crippen molar-refractivity contribution in [3.63, 3.8) is 0 Å². The van der Waals surface area contributed by atoms with E-state index in [-0.39, 0.29) is 0 Å². The molecule has 3 nitrogen and oxygen atoms in total. The van der Waals surface area contributed by atoms with Crippen LogP contribution in [-0.2, 0) is 16.6 Å². The summed E-state index contributed by atoms with van der Waals surface area (Å²) in [7, 11) is -1.20. The maximum Gasteiger partial charge on any atom is 0.106 e. The summed E-state index contributed by atoms with van der Waals surface area (Å²) >= 11 is 7.37. The Morgan fingerprint density at radius 1 is 1.53 bits per heavy atom. The van der Waals surface area contributed by atoms with Crippen LogP contribution >= 0.6 is 22.9 Å².